The second-order valence-electron chi connectivity index (χ2n) is 3.73. The zero-order valence-electron chi connectivity index (χ0n) is 10.3. The third-order valence-electron chi connectivity index (χ3n) is 2.17. The van der Waals surface area contributed by atoms with Crippen LogP contribution < -0.4 is 5.32 Å². The minimum absolute atomic E-state index is 0.122. The third kappa shape index (κ3) is 6.10. The van der Waals surface area contributed by atoms with Crippen molar-refractivity contribution in [2.75, 3.05) is 26.4 Å². The Morgan fingerprint density at radius 3 is 2.00 bits per heavy atom. The van der Waals surface area contributed by atoms with Crippen molar-refractivity contribution in [3.63, 3.8) is 0 Å². The van der Waals surface area contributed by atoms with Gasteiger partial charge in [0.2, 0.25) is 0 Å². The minimum Gasteiger partial charge on any atom is -0.395 e. The number of hydrogen-bond donors (Lipinski definition) is 2. The van der Waals surface area contributed by atoms with Gasteiger partial charge in [-0.25, -0.2) is 0 Å². The highest BCUT2D eigenvalue weighted by Crippen LogP contribution is 2.11. The molecule has 15 heavy (non-hydrogen) atoms. The summed E-state index contributed by atoms with van der Waals surface area (Å²) in [5, 5.41) is 12.0. The van der Waals surface area contributed by atoms with Gasteiger partial charge in [0.25, 0.3) is 0 Å². The van der Waals surface area contributed by atoms with Crippen molar-refractivity contribution in [2.24, 2.45) is 5.92 Å². The van der Waals surface area contributed by atoms with E-state index in [1.54, 1.807) is 0 Å². The molecule has 0 aromatic carbocycles. The molecular weight excluding hydrogens is 194 g/mol. The summed E-state index contributed by atoms with van der Waals surface area (Å²) in [4.78, 5) is 0. The molecule has 0 fully saturated rings. The van der Waals surface area contributed by atoms with Gasteiger partial charge in [-0.2, -0.15) is 0 Å². The first-order valence-corrected chi connectivity index (χ1v) is 5.74. The lowest BCUT2D eigenvalue weighted by Crippen LogP contribution is -2.47. The van der Waals surface area contributed by atoms with Crippen LogP contribution in [0.15, 0.2) is 0 Å². The van der Waals surface area contributed by atoms with Crippen LogP contribution in [0.4, 0.5) is 0 Å². The molecule has 0 bridgehead atoms. The molecule has 4 nitrogen and oxygen atoms in total. The zero-order valence-corrected chi connectivity index (χ0v) is 10.3. The van der Waals surface area contributed by atoms with E-state index in [1.807, 2.05) is 13.8 Å². The molecule has 2 N–H and O–H groups in total. The van der Waals surface area contributed by atoms with E-state index in [0.717, 1.165) is 0 Å². The monoisotopic (exact) mass is 219 g/mol. The van der Waals surface area contributed by atoms with Gasteiger partial charge >= 0.3 is 0 Å². The van der Waals surface area contributed by atoms with Gasteiger partial charge in [0.1, 0.15) is 0 Å². The lowest BCUT2D eigenvalue weighted by molar-refractivity contribution is -0.160. The molecule has 0 aliphatic carbocycles. The summed E-state index contributed by atoms with van der Waals surface area (Å²) in [7, 11) is 0. The molecule has 0 aromatic heterocycles. The van der Waals surface area contributed by atoms with Gasteiger partial charge in [-0.1, -0.05) is 13.8 Å². The summed E-state index contributed by atoms with van der Waals surface area (Å²) in [5.41, 5.74) is 0. The van der Waals surface area contributed by atoms with Crippen LogP contribution >= 0.6 is 0 Å². The van der Waals surface area contributed by atoms with E-state index in [-0.39, 0.29) is 18.9 Å². The number of nitrogens with one attached hydrogen (secondary N) is 1. The molecule has 0 heterocycles. The number of ether oxygens (including phenoxy) is 2. The van der Waals surface area contributed by atoms with Crippen molar-refractivity contribution in [2.45, 2.75) is 40.0 Å². The molecule has 92 valence electrons. The molecular formula is C11H25NO3. The maximum absolute atomic E-state index is 8.79. The van der Waals surface area contributed by atoms with Gasteiger partial charge in [0.15, 0.2) is 6.29 Å². The summed E-state index contributed by atoms with van der Waals surface area (Å²) in [6, 6.07) is 0.122. The summed E-state index contributed by atoms with van der Waals surface area (Å²) in [5.74, 6) is 0.402. The Balaban J connectivity index is 4.23. The lowest BCUT2D eigenvalue weighted by Gasteiger charge is -2.30. The first kappa shape index (κ1) is 14.8. The van der Waals surface area contributed by atoms with Crippen LogP contribution in [-0.4, -0.2) is 43.8 Å². The normalized spacial score (nSPS) is 13.8. The summed E-state index contributed by atoms with van der Waals surface area (Å²) >= 11 is 0. The van der Waals surface area contributed by atoms with Crippen LogP contribution in [0.25, 0.3) is 0 Å². The molecule has 0 saturated heterocycles. The molecule has 1 unspecified atom stereocenters. The van der Waals surface area contributed by atoms with Crippen molar-refractivity contribution in [1.29, 1.82) is 0 Å². The topological polar surface area (TPSA) is 50.7 Å². The highest BCUT2D eigenvalue weighted by Gasteiger charge is 2.24. The fourth-order valence-corrected chi connectivity index (χ4v) is 1.46. The molecule has 0 rings (SSSR count). The van der Waals surface area contributed by atoms with Crippen LogP contribution in [0, 0.1) is 5.92 Å². The number of aliphatic hydroxyl groups is 1. The number of hydrogen-bond acceptors (Lipinski definition) is 4. The minimum atomic E-state index is -0.230. The molecule has 0 saturated carbocycles. The fourth-order valence-electron chi connectivity index (χ4n) is 1.46. The van der Waals surface area contributed by atoms with Crippen molar-refractivity contribution in [1.82, 2.24) is 5.32 Å². The predicted octanol–water partition coefficient (Wildman–Crippen LogP) is 0.992. The maximum atomic E-state index is 8.79. The van der Waals surface area contributed by atoms with Crippen LogP contribution in [-0.2, 0) is 9.47 Å². The van der Waals surface area contributed by atoms with Crippen molar-refractivity contribution < 1.29 is 14.6 Å². The van der Waals surface area contributed by atoms with Crippen molar-refractivity contribution >= 4 is 0 Å². The van der Waals surface area contributed by atoms with E-state index in [0.29, 0.717) is 25.7 Å². The highest BCUT2D eigenvalue weighted by atomic mass is 16.7. The summed E-state index contributed by atoms with van der Waals surface area (Å²) in [6.07, 6.45) is -0.230. The van der Waals surface area contributed by atoms with Gasteiger partial charge in [0.05, 0.1) is 12.6 Å². The lowest BCUT2D eigenvalue weighted by atomic mass is 10.0. The molecule has 1 atom stereocenters. The largest absolute Gasteiger partial charge is 0.395 e. The Bertz CT molecular complexity index is 136. The average molecular weight is 219 g/mol. The summed E-state index contributed by atoms with van der Waals surface area (Å²) < 4.78 is 11.1. The Morgan fingerprint density at radius 2 is 1.67 bits per heavy atom. The van der Waals surface area contributed by atoms with E-state index >= 15 is 0 Å². The van der Waals surface area contributed by atoms with Crippen molar-refractivity contribution in [3.8, 4) is 0 Å². The zero-order chi connectivity index (χ0) is 11.7. The Labute approximate surface area is 93.0 Å². The SMILES string of the molecule is CCOC(OCC)C(NCCO)C(C)C. The second-order valence-corrected chi connectivity index (χ2v) is 3.73. The van der Waals surface area contributed by atoms with Gasteiger partial charge in [-0.3, -0.25) is 0 Å². The molecule has 0 radical (unpaired) electrons. The number of rotatable bonds is 9. The van der Waals surface area contributed by atoms with Crippen molar-refractivity contribution in [3.05, 3.63) is 0 Å². The van der Waals surface area contributed by atoms with Crippen LogP contribution in [0.5, 0.6) is 0 Å². The molecule has 0 aromatic rings. The van der Waals surface area contributed by atoms with Crippen LogP contribution in [0.1, 0.15) is 27.7 Å². The van der Waals surface area contributed by atoms with Crippen LogP contribution in [0.2, 0.25) is 0 Å². The quantitative estimate of drug-likeness (QED) is 0.568. The molecule has 0 aliphatic heterocycles. The van der Waals surface area contributed by atoms with E-state index in [1.165, 1.54) is 0 Å². The van der Waals surface area contributed by atoms with Gasteiger partial charge in [-0.15, -0.1) is 0 Å². The van der Waals surface area contributed by atoms with E-state index < -0.39 is 0 Å². The average Bonchev–Trinajstić information content (AvgIpc) is 2.18. The Morgan fingerprint density at radius 1 is 1.13 bits per heavy atom. The van der Waals surface area contributed by atoms with Gasteiger partial charge in [0, 0.05) is 19.8 Å². The van der Waals surface area contributed by atoms with E-state index in [2.05, 4.69) is 19.2 Å². The molecule has 0 spiro atoms. The predicted molar refractivity (Wildman–Crippen MR) is 60.8 cm³/mol. The first-order chi connectivity index (χ1) is 7.17. The standard InChI is InChI=1S/C11H25NO3/c1-5-14-11(15-6-2)10(9(3)4)12-7-8-13/h9-13H,5-8H2,1-4H3. The fraction of sp³-hybridized carbons (Fsp3) is 1.00. The van der Waals surface area contributed by atoms with Crippen LogP contribution in [0.3, 0.4) is 0 Å². The molecule has 0 amide bonds. The summed E-state index contributed by atoms with van der Waals surface area (Å²) in [6.45, 7) is 10.1. The van der Waals surface area contributed by atoms with E-state index in [4.69, 9.17) is 14.6 Å². The van der Waals surface area contributed by atoms with E-state index in [9.17, 15) is 0 Å². The molecule has 4 heteroatoms. The maximum Gasteiger partial charge on any atom is 0.172 e. The Hall–Kier alpha value is -0.160. The molecule has 0 aliphatic rings. The Kier molecular flexibility index (Phi) is 9.00. The first-order valence-electron chi connectivity index (χ1n) is 5.74. The van der Waals surface area contributed by atoms with Gasteiger partial charge in [-0.05, 0) is 19.8 Å². The third-order valence-corrected chi connectivity index (χ3v) is 2.17. The highest BCUT2D eigenvalue weighted by molar-refractivity contribution is 4.74. The second kappa shape index (κ2) is 9.09. The smallest absolute Gasteiger partial charge is 0.172 e. The van der Waals surface area contributed by atoms with Gasteiger partial charge < -0.3 is 19.9 Å². The number of aliphatic hydroxyl groups excluding tert-OH is 1.